The number of quaternary nitrogens is 1. The van der Waals surface area contributed by atoms with Crippen molar-refractivity contribution >= 4 is 6.09 Å². The van der Waals surface area contributed by atoms with E-state index in [1.54, 1.807) is 14.1 Å². The average Bonchev–Trinajstić information content (AvgIpc) is 2.27. The molecule has 1 aromatic carbocycles. The molecule has 0 atom stereocenters. The second-order valence-corrected chi connectivity index (χ2v) is 7.78. The lowest BCUT2D eigenvalue weighted by Gasteiger charge is -2.27. The summed E-state index contributed by atoms with van der Waals surface area (Å²) < 4.78 is 6.28. The number of hydrogen-bond donors (Lipinski definition) is 0. The monoisotopic (exact) mass is 293 g/mol. The van der Waals surface area contributed by atoms with Gasteiger partial charge >= 0.3 is 6.09 Å². The Labute approximate surface area is 128 Å². The highest BCUT2D eigenvalue weighted by atomic mass is 16.6. The summed E-state index contributed by atoms with van der Waals surface area (Å²) in [6.45, 7) is 7.36. The third-order valence-corrected chi connectivity index (χ3v) is 3.13. The van der Waals surface area contributed by atoms with Crippen LogP contribution in [0.25, 0.3) is 0 Å². The van der Waals surface area contributed by atoms with E-state index >= 15 is 0 Å². The molecule has 0 aliphatic carbocycles. The van der Waals surface area contributed by atoms with Crippen molar-refractivity contribution in [3.63, 3.8) is 0 Å². The zero-order valence-corrected chi connectivity index (χ0v) is 14.7. The van der Waals surface area contributed by atoms with Gasteiger partial charge in [-0.05, 0) is 23.1 Å². The number of carbonyl (C=O) groups excluding carboxylic acids is 1. The smallest absolute Gasteiger partial charge is 0.410 e. The van der Waals surface area contributed by atoms with Crippen LogP contribution in [-0.2, 0) is 12.0 Å². The lowest BCUT2D eigenvalue weighted by molar-refractivity contribution is -0.884. The normalized spacial score (nSPS) is 12.2. The zero-order valence-electron chi connectivity index (χ0n) is 14.7. The molecule has 0 aliphatic rings. The second-order valence-electron chi connectivity index (χ2n) is 7.78. The molecule has 0 spiro atoms. The van der Waals surface area contributed by atoms with Crippen LogP contribution in [0.5, 0.6) is 5.75 Å². The Morgan fingerprint density at radius 3 is 2.19 bits per heavy atom. The summed E-state index contributed by atoms with van der Waals surface area (Å²) in [5.74, 6) is 0.648. The minimum absolute atomic E-state index is 0.0731. The fourth-order valence-electron chi connectivity index (χ4n) is 1.97. The predicted molar refractivity (Wildman–Crippen MR) is 86.6 cm³/mol. The Morgan fingerprint density at radius 1 is 1.19 bits per heavy atom. The van der Waals surface area contributed by atoms with Gasteiger partial charge in [-0.15, -0.1) is 0 Å². The van der Waals surface area contributed by atoms with Gasteiger partial charge < -0.3 is 14.1 Å². The highest BCUT2D eigenvalue weighted by Crippen LogP contribution is 2.29. The minimum Gasteiger partial charge on any atom is -0.410 e. The van der Waals surface area contributed by atoms with Gasteiger partial charge in [0.25, 0.3) is 0 Å². The van der Waals surface area contributed by atoms with Gasteiger partial charge in [0.15, 0.2) is 0 Å². The highest BCUT2D eigenvalue weighted by molar-refractivity contribution is 5.70. The van der Waals surface area contributed by atoms with Gasteiger partial charge in [-0.1, -0.05) is 26.8 Å². The molecule has 0 fully saturated rings. The van der Waals surface area contributed by atoms with E-state index in [0.29, 0.717) is 5.75 Å². The fraction of sp³-hybridized carbons (Fsp3) is 0.588. The van der Waals surface area contributed by atoms with Crippen molar-refractivity contribution in [3.05, 3.63) is 29.3 Å². The highest BCUT2D eigenvalue weighted by Gasteiger charge is 2.21. The zero-order chi connectivity index (χ0) is 16.4. The standard InChI is InChI=1S/C17H29N2O2/c1-17(2,3)14-9-10-15(21-16(20)18(4)5)13(11-14)12-19(6,7)8/h9-11H,12H2,1-8H3/q+1. The summed E-state index contributed by atoms with van der Waals surface area (Å²) in [5.41, 5.74) is 2.38. The molecule has 0 aliphatic heterocycles. The molecule has 0 saturated carbocycles. The summed E-state index contributed by atoms with van der Waals surface area (Å²) in [4.78, 5) is 13.2. The van der Waals surface area contributed by atoms with E-state index in [4.69, 9.17) is 4.74 Å². The van der Waals surface area contributed by atoms with E-state index in [9.17, 15) is 4.79 Å². The van der Waals surface area contributed by atoms with Crippen molar-refractivity contribution in [3.8, 4) is 5.75 Å². The van der Waals surface area contributed by atoms with Gasteiger partial charge in [-0.2, -0.15) is 0 Å². The topological polar surface area (TPSA) is 29.5 Å². The number of rotatable bonds is 3. The Hall–Kier alpha value is -1.55. The van der Waals surface area contributed by atoms with Crippen molar-refractivity contribution in [2.24, 2.45) is 0 Å². The van der Waals surface area contributed by atoms with Gasteiger partial charge in [0, 0.05) is 19.7 Å². The molecular weight excluding hydrogens is 264 g/mol. The summed E-state index contributed by atoms with van der Waals surface area (Å²) in [5, 5.41) is 0. The van der Waals surface area contributed by atoms with E-state index < -0.39 is 0 Å². The number of ether oxygens (including phenoxy) is 1. The summed E-state index contributed by atoms with van der Waals surface area (Å²) in [6, 6.07) is 6.10. The van der Waals surface area contributed by atoms with E-state index in [1.165, 1.54) is 10.5 Å². The largest absolute Gasteiger partial charge is 0.414 e. The first-order valence-corrected chi connectivity index (χ1v) is 7.23. The third kappa shape index (κ3) is 5.38. The van der Waals surface area contributed by atoms with Crippen molar-refractivity contribution in [2.75, 3.05) is 35.2 Å². The van der Waals surface area contributed by atoms with Gasteiger partial charge in [0.05, 0.1) is 21.1 Å². The van der Waals surface area contributed by atoms with Crippen LogP contribution < -0.4 is 4.74 Å². The molecular formula is C17H29N2O2+. The van der Waals surface area contributed by atoms with E-state index in [-0.39, 0.29) is 11.5 Å². The van der Waals surface area contributed by atoms with Gasteiger partial charge in [-0.3, -0.25) is 0 Å². The average molecular weight is 293 g/mol. The molecule has 4 heteroatoms. The minimum atomic E-state index is -0.346. The third-order valence-electron chi connectivity index (χ3n) is 3.13. The molecule has 0 heterocycles. The molecule has 4 nitrogen and oxygen atoms in total. The first-order chi connectivity index (χ1) is 9.40. The Kier molecular flexibility index (Phi) is 5.05. The summed E-state index contributed by atoms with van der Waals surface area (Å²) >= 11 is 0. The molecule has 0 bridgehead atoms. The lowest BCUT2D eigenvalue weighted by Crippen LogP contribution is -2.34. The van der Waals surface area contributed by atoms with Crippen LogP contribution in [0.4, 0.5) is 4.79 Å². The molecule has 0 N–H and O–H groups in total. The summed E-state index contributed by atoms with van der Waals surface area (Å²) in [7, 11) is 9.75. The molecule has 0 saturated heterocycles. The fourth-order valence-corrected chi connectivity index (χ4v) is 1.97. The quantitative estimate of drug-likeness (QED) is 0.801. The molecule has 1 rings (SSSR count). The van der Waals surface area contributed by atoms with Gasteiger partial charge in [0.1, 0.15) is 12.3 Å². The first-order valence-electron chi connectivity index (χ1n) is 7.23. The molecule has 1 aromatic rings. The van der Waals surface area contributed by atoms with Crippen LogP contribution in [0, 0.1) is 0 Å². The van der Waals surface area contributed by atoms with Crippen LogP contribution >= 0.6 is 0 Å². The van der Waals surface area contributed by atoms with Crippen molar-refractivity contribution < 1.29 is 14.0 Å². The maximum Gasteiger partial charge on any atom is 0.414 e. The van der Waals surface area contributed by atoms with Gasteiger partial charge in [0.2, 0.25) is 0 Å². The number of hydrogen-bond acceptors (Lipinski definition) is 2. The Balaban J connectivity index is 3.20. The molecule has 0 aromatic heterocycles. The maximum atomic E-state index is 11.8. The summed E-state index contributed by atoms with van der Waals surface area (Å²) in [6.07, 6.45) is -0.346. The SMILES string of the molecule is CN(C)C(=O)Oc1ccc(C(C)(C)C)cc1C[N+](C)(C)C. The van der Waals surface area contributed by atoms with Crippen LogP contribution in [0.1, 0.15) is 31.9 Å². The van der Waals surface area contributed by atoms with Crippen LogP contribution in [0.2, 0.25) is 0 Å². The lowest BCUT2D eigenvalue weighted by atomic mass is 9.86. The van der Waals surface area contributed by atoms with E-state index in [2.05, 4.69) is 48.0 Å². The van der Waals surface area contributed by atoms with E-state index in [1.807, 2.05) is 12.1 Å². The number of nitrogens with zero attached hydrogens (tertiary/aromatic N) is 2. The van der Waals surface area contributed by atoms with Crippen LogP contribution in [0.15, 0.2) is 18.2 Å². The first kappa shape index (κ1) is 17.5. The molecule has 118 valence electrons. The molecule has 21 heavy (non-hydrogen) atoms. The van der Waals surface area contributed by atoms with Crippen molar-refractivity contribution in [2.45, 2.75) is 32.7 Å². The number of amides is 1. The second kappa shape index (κ2) is 6.06. The van der Waals surface area contributed by atoms with E-state index in [0.717, 1.165) is 16.6 Å². The molecule has 1 amide bonds. The number of benzene rings is 1. The van der Waals surface area contributed by atoms with Gasteiger partial charge in [-0.25, -0.2) is 4.79 Å². The van der Waals surface area contributed by atoms with Crippen molar-refractivity contribution in [1.29, 1.82) is 0 Å². The Bertz CT molecular complexity index is 509. The predicted octanol–water partition coefficient (Wildman–Crippen LogP) is 3.25. The van der Waals surface area contributed by atoms with Crippen LogP contribution in [-0.4, -0.2) is 50.7 Å². The number of carbonyl (C=O) groups is 1. The maximum absolute atomic E-state index is 11.8. The van der Waals surface area contributed by atoms with Crippen molar-refractivity contribution in [1.82, 2.24) is 4.90 Å². The van der Waals surface area contributed by atoms with Crippen LogP contribution in [0.3, 0.4) is 0 Å². The molecule has 0 unspecified atom stereocenters. The molecule has 0 radical (unpaired) electrons. The Morgan fingerprint density at radius 2 is 1.76 bits per heavy atom.